The van der Waals surface area contributed by atoms with Crippen molar-refractivity contribution in [1.82, 2.24) is 0 Å². The van der Waals surface area contributed by atoms with Crippen LogP contribution in [0.1, 0.15) is 42.6 Å². The van der Waals surface area contributed by atoms with Gasteiger partial charge in [0.1, 0.15) is 5.82 Å². The molecule has 5 heteroatoms. The van der Waals surface area contributed by atoms with E-state index in [1.165, 1.54) is 19.1 Å². The van der Waals surface area contributed by atoms with E-state index >= 15 is 0 Å². The average Bonchev–Trinajstić information content (AvgIpc) is 2.38. The molecule has 0 unspecified atom stereocenters. The molecule has 108 valence electrons. The van der Waals surface area contributed by atoms with Crippen LogP contribution in [0.4, 0.5) is 10.1 Å². The van der Waals surface area contributed by atoms with Crippen molar-refractivity contribution in [2.45, 2.75) is 33.6 Å². The third-order valence-corrected chi connectivity index (χ3v) is 2.98. The van der Waals surface area contributed by atoms with E-state index in [1.54, 1.807) is 0 Å². The number of nitrogens with zero attached hydrogens (tertiary/aromatic N) is 1. The van der Waals surface area contributed by atoms with Crippen LogP contribution in [0.15, 0.2) is 12.1 Å². The van der Waals surface area contributed by atoms with Gasteiger partial charge in [-0.3, -0.25) is 0 Å². The number of nitriles is 1. The van der Waals surface area contributed by atoms with E-state index in [1.807, 2.05) is 13.8 Å². The van der Waals surface area contributed by atoms with E-state index in [4.69, 9.17) is 15.7 Å². The summed E-state index contributed by atoms with van der Waals surface area (Å²) in [6.07, 6.45) is 1.16. The SMILES string of the molecule is Cc1cc(N)cc(C(=O)OCCCC(C)(C)C#N)c1F. The molecule has 0 atom stereocenters. The van der Waals surface area contributed by atoms with Crippen LogP contribution >= 0.6 is 0 Å². The predicted octanol–water partition coefficient (Wildman–Crippen LogP) is 3.20. The molecule has 2 N–H and O–H groups in total. The molecule has 0 aliphatic heterocycles. The number of anilines is 1. The lowest BCUT2D eigenvalue weighted by atomic mass is 9.90. The van der Waals surface area contributed by atoms with Crippen molar-refractivity contribution in [1.29, 1.82) is 5.26 Å². The van der Waals surface area contributed by atoms with Crippen molar-refractivity contribution in [3.63, 3.8) is 0 Å². The largest absolute Gasteiger partial charge is 0.462 e. The molecule has 0 aliphatic carbocycles. The maximum absolute atomic E-state index is 13.8. The Morgan fingerprint density at radius 2 is 2.15 bits per heavy atom. The van der Waals surface area contributed by atoms with Gasteiger partial charge >= 0.3 is 5.97 Å². The van der Waals surface area contributed by atoms with Crippen LogP contribution in [-0.2, 0) is 4.74 Å². The molecule has 0 bridgehead atoms. The van der Waals surface area contributed by atoms with Crippen LogP contribution in [0.2, 0.25) is 0 Å². The smallest absolute Gasteiger partial charge is 0.341 e. The van der Waals surface area contributed by atoms with Gasteiger partial charge in [-0.15, -0.1) is 0 Å². The molecular formula is C15H19FN2O2. The molecule has 1 rings (SSSR count). The fourth-order valence-electron chi connectivity index (χ4n) is 1.76. The monoisotopic (exact) mass is 278 g/mol. The average molecular weight is 278 g/mol. The lowest BCUT2D eigenvalue weighted by Crippen LogP contribution is -2.13. The van der Waals surface area contributed by atoms with Crippen LogP contribution in [0, 0.1) is 29.5 Å². The van der Waals surface area contributed by atoms with Crippen molar-refractivity contribution in [2.75, 3.05) is 12.3 Å². The Bertz CT molecular complexity index is 548. The number of carbonyl (C=O) groups is 1. The number of ether oxygens (including phenoxy) is 1. The normalized spacial score (nSPS) is 10.9. The maximum atomic E-state index is 13.8. The second kappa shape index (κ2) is 6.38. The molecule has 20 heavy (non-hydrogen) atoms. The van der Waals surface area contributed by atoms with Gasteiger partial charge in [-0.2, -0.15) is 5.26 Å². The number of rotatable bonds is 5. The first-order valence-electron chi connectivity index (χ1n) is 6.41. The number of hydrogen-bond donors (Lipinski definition) is 1. The molecule has 4 nitrogen and oxygen atoms in total. The van der Waals surface area contributed by atoms with Crippen molar-refractivity contribution in [3.05, 3.63) is 29.1 Å². The fourth-order valence-corrected chi connectivity index (χ4v) is 1.76. The molecule has 1 aromatic carbocycles. The molecule has 0 spiro atoms. The lowest BCUT2D eigenvalue weighted by Gasteiger charge is -2.14. The second-order valence-corrected chi connectivity index (χ2v) is 5.43. The van der Waals surface area contributed by atoms with Gasteiger partial charge in [0.05, 0.1) is 23.7 Å². The van der Waals surface area contributed by atoms with E-state index in [2.05, 4.69) is 6.07 Å². The molecule has 0 saturated heterocycles. The minimum absolute atomic E-state index is 0.150. The van der Waals surface area contributed by atoms with Gasteiger partial charge in [0.15, 0.2) is 0 Å². The summed E-state index contributed by atoms with van der Waals surface area (Å²) >= 11 is 0. The number of esters is 1. The van der Waals surface area contributed by atoms with E-state index in [-0.39, 0.29) is 12.2 Å². The van der Waals surface area contributed by atoms with Gasteiger partial charge in [-0.25, -0.2) is 9.18 Å². The van der Waals surface area contributed by atoms with Gasteiger partial charge in [0.2, 0.25) is 0 Å². The molecule has 1 aromatic rings. The molecule has 0 amide bonds. The highest BCUT2D eigenvalue weighted by Crippen LogP contribution is 2.21. The summed E-state index contributed by atoms with van der Waals surface area (Å²) in [5.41, 5.74) is 5.61. The third kappa shape index (κ3) is 4.23. The van der Waals surface area contributed by atoms with Crippen molar-refractivity contribution >= 4 is 11.7 Å². The van der Waals surface area contributed by atoms with Crippen molar-refractivity contribution < 1.29 is 13.9 Å². The quantitative estimate of drug-likeness (QED) is 0.510. The van der Waals surface area contributed by atoms with Crippen molar-refractivity contribution in [2.24, 2.45) is 5.41 Å². The van der Waals surface area contributed by atoms with Gasteiger partial charge in [0.25, 0.3) is 0 Å². The van der Waals surface area contributed by atoms with Crippen LogP contribution in [0.3, 0.4) is 0 Å². The van der Waals surface area contributed by atoms with E-state index in [0.29, 0.717) is 24.1 Å². The first-order valence-corrected chi connectivity index (χ1v) is 6.41. The Morgan fingerprint density at radius 1 is 1.50 bits per heavy atom. The molecule has 0 saturated carbocycles. The number of nitrogens with two attached hydrogens (primary N) is 1. The highest BCUT2D eigenvalue weighted by Gasteiger charge is 2.18. The first-order chi connectivity index (χ1) is 9.26. The van der Waals surface area contributed by atoms with E-state index in [9.17, 15) is 9.18 Å². The summed E-state index contributed by atoms with van der Waals surface area (Å²) in [6, 6.07) is 4.90. The van der Waals surface area contributed by atoms with Crippen LogP contribution in [0.5, 0.6) is 0 Å². The maximum Gasteiger partial charge on any atom is 0.341 e. The van der Waals surface area contributed by atoms with E-state index < -0.39 is 17.2 Å². The second-order valence-electron chi connectivity index (χ2n) is 5.43. The number of aryl methyl sites for hydroxylation is 1. The fraction of sp³-hybridized carbons (Fsp3) is 0.467. The number of halogens is 1. The molecule has 0 heterocycles. The van der Waals surface area contributed by atoms with Crippen molar-refractivity contribution in [3.8, 4) is 6.07 Å². The highest BCUT2D eigenvalue weighted by molar-refractivity contribution is 5.91. The number of hydrogen-bond acceptors (Lipinski definition) is 4. The summed E-state index contributed by atoms with van der Waals surface area (Å²) in [5, 5.41) is 8.86. The standard InChI is InChI=1S/C15H19FN2O2/c1-10-7-11(18)8-12(13(10)16)14(19)20-6-4-5-15(2,3)9-17/h7-8H,4-6,18H2,1-3H3. The highest BCUT2D eigenvalue weighted by atomic mass is 19.1. The summed E-state index contributed by atoms with van der Waals surface area (Å²) in [5.74, 6) is -1.34. The van der Waals surface area contributed by atoms with E-state index in [0.717, 1.165) is 0 Å². The Kier molecular flexibility index (Phi) is 5.09. The summed E-state index contributed by atoms with van der Waals surface area (Å²) < 4.78 is 18.8. The minimum Gasteiger partial charge on any atom is -0.462 e. The Morgan fingerprint density at radius 3 is 2.75 bits per heavy atom. The zero-order chi connectivity index (χ0) is 15.3. The summed E-state index contributed by atoms with van der Waals surface area (Å²) in [6.45, 7) is 5.32. The van der Waals surface area contributed by atoms with Crippen LogP contribution in [-0.4, -0.2) is 12.6 Å². The molecule has 0 aromatic heterocycles. The zero-order valence-corrected chi connectivity index (χ0v) is 12.0. The Labute approximate surface area is 118 Å². The molecule has 0 radical (unpaired) electrons. The molecule has 0 aliphatic rings. The molecular weight excluding hydrogens is 259 g/mol. The van der Waals surface area contributed by atoms with Gasteiger partial charge in [-0.05, 0) is 51.3 Å². The lowest BCUT2D eigenvalue weighted by molar-refractivity contribution is 0.0485. The number of carbonyl (C=O) groups excluding carboxylic acids is 1. The number of nitrogen functional groups attached to an aromatic ring is 1. The topological polar surface area (TPSA) is 76.1 Å². The van der Waals surface area contributed by atoms with Crippen LogP contribution in [0.25, 0.3) is 0 Å². The third-order valence-electron chi connectivity index (χ3n) is 2.98. The van der Waals surface area contributed by atoms with Gasteiger partial charge in [0, 0.05) is 5.69 Å². The minimum atomic E-state index is -0.729. The summed E-state index contributed by atoms with van der Waals surface area (Å²) in [4.78, 5) is 11.8. The predicted molar refractivity (Wildman–Crippen MR) is 74.5 cm³/mol. The molecule has 0 fully saturated rings. The first kappa shape index (κ1) is 16.0. The summed E-state index contributed by atoms with van der Waals surface area (Å²) in [7, 11) is 0. The van der Waals surface area contributed by atoms with Gasteiger partial charge in [-0.1, -0.05) is 0 Å². The van der Waals surface area contributed by atoms with Crippen LogP contribution < -0.4 is 5.73 Å². The number of benzene rings is 1. The Hall–Kier alpha value is -2.09. The zero-order valence-electron chi connectivity index (χ0n) is 12.0. The van der Waals surface area contributed by atoms with Gasteiger partial charge < -0.3 is 10.5 Å². The Balaban J connectivity index is 2.59.